The van der Waals surface area contributed by atoms with E-state index < -0.39 is 0 Å². The van der Waals surface area contributed by atoms with Crippen molar-refractivity contribution >= 4 is 0 Å². The molecule has 0 radical (unpaired) electrons. The van der Waals surface area contributed by atoms with E-state index in [2.05, 4.69) is 63.0 Å². The van der Waals surface area contributed by atoms with Crippen molar-refractivity contribution in [3.05, 3.63) is 34.9 Å². The molecule has 3 nitrogen and oxygen atoms in total. The number of likely N-dealkylation sites (N-methyl/N-ethyl adjacent to an activating group) is 1. The van der Waals surface area contributed by atoms with Gasteiger partial charge in [-0.2, -0.15) is 0 Å². The summed E-state index contributed by atoms with van der Waals surface area (Å²) < 4.78 is 0. The number of hydrogen-bond donors (Lipinski definition) is 1. The third kappa shape index (κ3) is 6.19. The van der Waals surface area contributed by atoms with Gasteiger partial charge >= 0.3 is 0 Å². The molecule has 1 aromatic carbocycles. The summed E-state index contributed by atoms with van der Waals surface area (Å²) in [6.45, 7) is 7.39. The van der Waals surface area contributed by atoms with E-state index in [1.165, 1.54) is 23.1 Å². The van der Waals surface area contributed by atoms with Crippen LogP contribution in [0.2, 0.25) is 0 Å². The smallest absolute Gasteiger partial charge is 0.0424 e. The summed E-state index contributed by atoms with van der Waals surface area (Å²) in [4.78, 5) is 4.55. The summed E-state index contributed by atoms with van der Waals surface area (Å²) in [7, 11) is 6.38. The van der Waals surface area contributed by atoms with Gasteiger partial charge in [-0.15, -0.1) is 0 Å². The Hall–Kier alpha value is -0.900. The van der Waals surface area contributed by atoms with E-state index in [1.807, 2.05) is 0 Å². The summed E-state index contributed by atoms with van der Waals surface area (Å²) in [5.74, 6) is 0. The average Bonchev–Trinajstić information content (AvgIpc) is 2.26. The van der Waals surface area contributed by atoms with Gasteiger partial charge in [0.15, 0.2) is 0 Å². The largest absolute Gasteiger partial charge is 0.323 e. The number of nitrogens with zero attached hydrogens (tertiary/aromatic N) is 2. The molecule has 19 heavy (non-hydrogen) atoms. The minimum absolute atomic E-state index is 0.1000. The van der Waals surface area contributed by atoms with Crippen molar-refractivity contribution in [2.24, 2.45) is 5.73 Å². The first-order valence-corrected chi connectivity index (χ1v) is 7.05. The standard InChI is InChI=1S/C16H29N3/c1-13-9-14(2)11-15(10-13)16(17)12-19(5)8-6-7-18(3)4/h9-11,16H,6-8,12,17H2,1-5H3. The van der Waals surface area contributed by atoms with Crippen molar-refractivity contribution in [2.45, 2.75) is 26.3 Å². The Bertz CT molecular complexity index is 367. The van der Waals surface area contributed by atoms with Crippen molar-refractivity contribution in [2.75, 3.05) is 40.8 Å². The molecule has 0 amide bonds. The Kier molecular flexibility index (Phi) is 6.49. The maximum absolute atomic E-state index is 6.31. The molecule has 108 valence electrons. The van der Waals surface area contributed by atoms with E-state index in [1.54, 1.807) is 0 Å². The molecule has 0 aliphatic carbocycles. The van der Waals surface area contributed by atoms with Crippen LogP contribution in [0.15, 0.2) is 18.2 Å². The van der Waals surface area contributed by atoms with Gasteiger partial charge in [0.1, 0.15) is 0 Å². The molecule has 0 saturated carbocycles. The normalized spacial score (nSPS) is 13.3. The van der Waals surface area contributed by atoms with Crippen LogP contribution in [0.25, 0.3) is 0 Å². The van der Waals surface area contributed by atoms with Gasteiger partial charge in [0, 0.05) is 12.6 Å². The number of aryl methyl sites for hydroxylation is 2. The van der Waals surface area contributed by atoms with Crippen LogP contribution in [0.5, 0.6) is 0 Å². The molecular weight excluding hydrogens is 234 g/mol. The second-order valence-electron chi connectivity index (χ2n) is 5.95. The van der Waals surface area contributed by atoms with Crippen molar-refractivity contribution in [1.82, 2.24) is 9.80 Å². The molecule has 0 aliphatic rings. The van der Waals surface area contributed by atoms with E-state index in [0.717, 1.165) is 19.6 Å². The zero-order chi connectivity index (χ0) is 14.4. The topological polar surface area (TPSA) is 32.5 Å². The van der Waals surface area contributed by atoms with Crippen LogP contribution in [0, 0.1) is 13.8 Å². The second kappa shape index (κ2) is 7.63. The van der Waals surface area contributed by atoms with Gasteiger partial charge in [-0.3, -0.25) is 0 Å². The third-order valence-electron chi connectivity index (χ3n) is 3.33. The van der Waals surface area contributed by atoms with Crippen LogP contribution < -0.4 is 5.73 Å². The molecule has 1 unspecified atom stereocenters. The molecule has 0 bridgehead atoms. The van der Waals surface area contributed by atoms with Crippen LogP contribution in [-0.4, -0.2) is 50.6 Å². The quantitative estimate of drug-likeness (QED) is 0.818. The first-order chi connectivity index (χ1) is 8.88. The Labute approximate surface area is 118 Å². The lowest BCUT2D eigenvalue weighted by Crippen LogP contribution is -2.31. The van der Waals surface area contributed by atoms with Crippen molar-refractivity contribution < 1.29 is 0 Å². The average molecular weight is 263 g/mol. The van der Waals surface area contributed by atoms with E-state index in [0.29, 0.717) is 0 Å². The Balaban J connectivity index is 2.47. The Morgan fingerprint density at radius 3 is 2.11 bits per heavy atom. The predicted molar refractivity (Wildman–Crippen MR) is 83.5 cm³/mol. The minimum Gasteiger partial charge on any atom is -0.323 e. The van der Waals surface area contributed by atoms with E-state index >= 15 is 0 Å². The van der Waals surface area contributed by atoms with Crippen LogP contribution in [-0.2, 0) is 0 Å². The lowest BCUT2D eigenvalue weighted by atomic mass is 10.0. The van der Waals surface area contributed by atoms with Gasteiger partial charge in [0.25, 0.3) is 0 Å². The lowest BCUT2D eigenvalue weighted by molar-refractivity contribution is 0.286. The van der Waals surface area contributed by atoms with Gasteiger partial charge < -0.3 is 15.5 Å². The molecule has 0 aliphatic heterocycles. The fourth-order valence-corrected chi connectivity index (χ4v) is 2.41. The molecule has 1 atom stereocenters. The predicted octanol–water partition coefficient (Wildman–Crippen LogP) is 2.19. The highest BCUT2D eigenvalue weighted by molar-refractivity contribution is 5.30. The number of benzene rings is 1. The van der Waals surface area contributed by atoms with Gasteiger partial charge in [-0.1, -0.05) is 29.3 Å². The van der Waals surface area contributed by atoms with Gasteiger partial charge in [0.05, 0.1) is 0 Å². The molecule has 1 rings (SSSR count). The summed E-state index contributed by atoms with van der Waals surface area (Å²) in [5, 5.41) is 0. The summed E-state index contributed by atoms with van der Waals surface area (Å²) in [6, 6.07) is 6.69. The second-order valence-corrected chi connectivity index (χ2v) is 5.95. The highest BCUT2D eigenvalue weighted by Crippen LogP contribution is 2.16. The molecule has 0 spiro atoms. The molecule has 0 fully saturated rings. The fourth-order valence-electron chi connectivity index (χ4n) is 2.41. The third-order valence-corrected chi connectivity index (χ3v) is 3.33. The maximum atomic E-state index is 6.31. The Morgan fingerprint density at radius 2 is 1.58 bits per heavy atom. The van der Waals surface area contributed by atoms with Crippen molar-refractivity contribution in [3.63, 3.8) is 0 Å². The maximum Gasteiger partial charge on any atom is 0.0424 e. The van der Waals surface area contributed by atoms with Gasteiger partial charge in [-0.25, -0.2) is 0 Å². The highest BCUT2D eigenvalue weighted by atomic mass is 15.1. The van der Waals surface area contributed by atoms with Crippen LogP contribution in [0.1, 0.15) is 29.2 Å². The first kappa shape index (κ1) is 16.2. The van der Waals surface area contributed by atoms with Gasteiger partial charge in [0.2, 0.25) is 0 Å². The molecule has 0 heterocycles. The zero-order valence-corrected chi connectivity index (χ0v) is 13.1. The SMILES string of the molecule is Cc1cc(C)cc(C(N)CN(C)CCCN(C)C)c1. The molecule has 1 aromatic rings. The lowest BCUT2D eigenvalue weighted by Gasteiger charge is -2.22. The van der Waals surface area contributed by atoms with Crippen molar-refractivity contribution in [1.29, 1.82) is 0 Å². The molecule has 2 N–H and O–H groups in total. The fraction of sp³-hybridized carbons (Fsp3) is 0.625. The number of nitrogens with two attached hydrogens (primary N) is 1. The summed E-state index contributed by atoms with van der Waals surface area (Å²) >= 11 is 0. The minimum atomic E-state index is 0.1000. The summed E-state index contributed by atoms with van der Waals surface area (Å²) in [6.07, 6.45) is 1.18. The Morgan fingerprint density at radius 1 is 1.00 bits per heavy atom. The van der Waals surface area contributed by atoms with E-state index in [-0.39, 0.29) is 6.04 Å². The monoisotopic (exact) mass is 263 g/mol. The molecule has 0 aromatic heterocycles. The van der Waals surface area contributed by atoms with E-state index in [4.69, 9.17) is 5.73 Å². The molecular formula is C16H29N3. The van der Waals surface area contributed by atoms with Crippen molar-refractivity contribution in [3.8, 4) is 0 Å². The highest BCUT2D eigenvalue weighted by Gasteiger charge is 2.10. The number of rotatable bonds is 7. The molecule has 0 saturated heterocycles. The van der Waals surface area contributed by atoms with Crippen LogP contribution in [0.3, 0.4) is 0 Å². The van der Waals surface area contributed by atoms with E-state index in [9.17, 15) is 0 Å². The summed E-state index contributed by atoms with van der Waals surface area (Å²) in [5.41, 5.74) is 10.1. The first-order valence-electron chi connectivity index (χ1n) is 7.05. The number of hydrogen-bond acceptors (Lipinski definition) is 3. The zero-order valence-electron chi connectivity index (χ0n) is 13.1. The van der Waals surface area contributed by atoms with Crippen LogP contribution >= 0.6 is 0 Å². The molecule has 3 heteroatoms. The van der Waals surface area contributed by atoms with Crippen LogP contribution in [0.4, 0.5) is 0 Å². The van der Waals surface area contributed by atoms with Gasteiger partial charge in [-0.05, 0) is 60.1 Å².